The monoisotopic (exact) mass is 214 g/mol. The van der Waals surface area contributed by atoms with Gasteiger partial charge in [0.25, 0.3) is 0 Å². The molecule has 0 aromatic heterocycles. The lowest BCUT2D eigenvalue weighted by Gasteiger charge is -2.23. The van der Waals surface area contributed by atoms with Crippen molar-refractivity contribution in [3.63, 3.8) is 0 Å². The number of nitrogens with zero attached hydrogens (tertiary/aromatic N) is 1. The van der Waals surface area contributed by atoms with E-state index in [1.165, 1.54) is 25.9 Å². The maximum absolute atomic E-state index is 5.16. The molecular weight excluding hydrogens is 188 g/mol. The molecule has 0 aromatic rings. The lowest BCUT2D eigenvalue weighted by molar-refractivity contribution is 0.161. The van der Waals surface area contributed by atoms with Crippen LogP contribution in [-0.4, -0.2) is 50.3 Å². The van der Waals surface area contributed by atoms with Gasteiger partial charge < -0.3 is 10.1 Å². The molecule has 1 fully saturated rings. The van der Waals surface area contributed by atoms with Gasteiger partial charge in [-0.2, -0.15) is 0 Å². The molecule has 0 radical (unpaired) electrons. The first-order valence-corrected chi connectivity index (χ1v) is 6.24. The first-order chi connectivity index (χ1) is 7.27. The smallest absolute Gasteiger partial charge is 0.0615 e. The molecule has 0 aliphatic carbocycles. The Hall–Kier alpha value is -0.120. The third-order valence-corrected chi connectivity index (χ3v) is 3.38. The Labute approximate surface area is 94.2 Å². The van der Waals surface area contributed by atoms with Gasteiger partial charge in [-0.25, -0.2) is 0 Å². The van der Waals surface area contributed by atoms with Crippen LogP contribution in [0.4, 0.5) is 0 Å². The Balaban J connectivity index is 2.08. The second-order valence-corrected chi connectivity index (χ2v) is 4.54. The normalized spacial score (nSPS) is 24.6. The summed E-state index contributed by atoms with van der Waals surface area (Å²) in [7, 11) is 1.77. The molecule has 3 heteroatoms. The minimum absolute atomic E-state index is 0.521. The maximum atomic E-state index is 5.16. The summed E-state index contributed by atoms with van der Waals surface area (Å²) >= 11 is 0. The average molecular weight is 214 g/mol. The van der Waals surface area contributed by atoms with Crippen LogP contribution in [0, 0.1) is 0 Å². The number of methoxy groups -OCH3 is 1. The summed E-state index contributed by atoms with van der Waals surface area (Å²) in [4.78, 5) is 2.58. The van der Waals surface area contributed by atoms with E-state index in [0.29, 0.717) is 6.04 Å². The first-order valence-electron chi connectivity index (χ1n) is 6.24. The summed E-state index contributed by atoms with van der Waals surface area (Å²) in [6.07, 6.45) is 3.88. The van der Waals surface area contributed by atoms with E-state index < -0.39 is 0 Å². The van der Waals surface area contributed by atoms with Crippen molar-refractivity contribution >= 4 is 0 Å². The van der Waals surface area contributed by atoms with E-state index in [9.17, 15) is 0 Å². The minimum atomic E-state index is 0.521. The number of likely N-dealkylation sites (tertiary alicyclic amines) is 1. The van der Waals surface area contributed by atoms with Gasteiger partial charge in [-0.3, -0.25) is 4.90 Å². The van der Waals surface area contributed by atoms with Crippen LogP contribution < -0.4 is 5.32 Å². The van der Waals surface area contributed by atoms with Crippen molar-refractivity contribution in [3.05, 3.63) is 0 Å². The molecule has 3 nitrogen and oxygen atoms in total. The molecule has 0 aromatic carbocycles. The molecule has 0 spiro atoms. The zero-order valence-electron chi connectivity index (χ0n) is 10.5. The molecule has 1 heterocycles. The zero-order valence-corrected chi connectivity index (χ0v) is 10.5. The van der Waals surface area contributed by atoms with Crippen LogP contribution in [0.15, 0.2) is 0 Å². The van der Waals surface area contributed by atoms with Crippen molar-refractivity contribution in [3.8, 4) is 0 Å². The van der Waals surface area contributed by atoms with Gasteiger partial charge in [0, 0.05) is 32.3 Å². The third kappa shape index (κ3) is 4.49. The van der Waals surface area contributed by atoms with Gasteiger partial charge in [-0.15, -0.1) is 0 Å². The summed E-state index contributed by atoms with van der Waals surface area (Å²) in [6.45, 7) is 8.91. The number of nitrogens with one attached hydrogen (secondary N) is 1. The Morgan fingerprint density at radius 1 is 1.53 bits per heavy atom. The molecule has 0 saturated carbocycles. The van der Waals surface area contributed by atoms with Crippen molar-refractivity contribution in [1.82, 2.24) is 10.2 Å². The Morgan fingerprint density at radius 3 is 2.87 bits per heavy atom. The van der Waals surface area contributed by atoms with Crippen molar-refractivity contribution < 1.29 is 4.74 Å². The van der Waals surface area contributed by atoms with Gasteiger partial charge in [-0.1, -0.05) is 6.92 Å². The molecule has 15 heavy (non-hydrogen) atoms. The van der Waals surface area contributed by atoms with Crippen LogP contribution in [0.25, 0.3) is 0 Å². The molecular formula is C12H26N2O. The number of hydrogen-bond donors (Lipinski definition) is 1. The highest BCUT2D eigenvalue weighted by molar-refractivity contribution is 4.76. The van der Waals surface area contributed by atoms with Gasteiger partial charge in [0.2, 0.25) is 0 Å². The number of ether oxygens (including phenoxy) is 1. The summed E-state index contributed by atoms with van der Waals surface area (Å²) < 4.78 is 5.16. The van der Waals surface area contributed by atoms with E-state index >= 15 is 0 Å². The van der Waals surface area contributed by atoms with Gasteiger partial charge in [0.15, 0.2) is 0 Å². The fourth-order valence-electron chi connectivity index (χ4n) is 2.26. The molecule has 2 unspecified atom stereocenters. The fourth-order valence-corrected chi connectivity index (χ4v) is 2.26. The van der Waals surface area contributed by atoms with E-state index in [-0.39, 0.29) is 0 Å². The van der Waals surface area contributed by atoms with Crippen LogP contribution in [0.5, 0.6) is 0 Å². The van der Waals surface area contributed by atoms with Gasteiger partial charge in [0.05, 0.1) is 6.61 Å². The Kier molecular flexibility index (Phi) is 6.22. The second kappa shape index (κ2) is 7.20. The lowest BCUT2D eigenvalue weighted by atomic mass is 10.2. The van der Waals surface area contributed by atoms with E-state index in [1.54, 1.807) is 7.11 Å². The van der Waals surface area contributed by atoms with Crippen molar-refractivity contribution in [1.29, 1.82) is 0 Å². The molecule has 1 aliphatic rings. The number of rotatable bonds is 7. The largest absolute Gasteiger partial charge is 0.383 e. The summed E-state index contributed by atoms with van der Waals surface area (Å²) in [5.74, 6) is 0. The molecule has 1 rings (SSSR count). The lowest BCUT2D eigenvalue weighted by Crippen LogP contribution is -2.40. The van der Waals surface area contributed by atoms with Crippen molar-refractivity contribution in [2.24, 2.45) is 0 Å². The fraction of sp³-hybridized carbons (Fsp3) is 1.00. The van der Waals surface area contributed by atoms with E-state index in [4.69, 9.17) is 4.74 Å². The van der Waals surface area contributed by atoms with Crippen LogP contribution in [-0.2, 0) is 4.74 Å². The Morgan fingerprint density at radius 2 is 2.33 bits per heavy atom. The van der Waals surface area contributed by atoms with Crippen LogP contribution >= 0.6 is 0 Å². The average Bonchev–Trinajstić information content (AvgIpc) is 2.63. The van der Waals surface area contributed by atoms with Crippen LogP contribution in [0.1, 0.15) is 33.1 Å². The van der Waals surface area contributed by atoms with Crippen molar-refractivity contribution in [2.75, 3.05) is 33.4 Å². The SMILES string of the molecule is CCC(COC)NCCN1CCCC1C. The van der Waals surface area contributed by atoms with E-state index in [0.717, 1.165) is 25.6 Å². The van der Waals surface area contributed by atoms with Crippen LogP contribution in [0.2, 0.25) is 0 Å². The van der Waals surface area contributed by atoms with E-state index in [1.807, 2.05) is 0 Å². The van der Waals surface area contributed by atoms with Gasteiger partial charge in [-0.05, 0) is 32.7 Å². The summed E-state index contributed by atoms with van der Waals surface area (Å²) in [5, 5.41) is 3.55. The summed E-state index contributed by atoms with van der Waals surface area (Å²) in [6, 6.07) is 1.31. The molecule has 1 aliphatic heterocycles. The van der Waals surface area contributed by atoms with Gasteiger partial charge in [0.1, 0.15) is 0 Å². The predicted molar refractivity (Wildman–Crippen MR) is 64.2 cm³/mol. The van der Waals surface area contributed by atoms with Crippen LogP contribution in [0.3, 0.4) is 0 Å². The highest BCUT2D eigenvalue weighted by atomic mass is 16.5. The van der Waals surface area contributed by atoms with E-state index in [2.05, 4.69) is 24.1 Å². The maximum Gasteiger partial charge on any atom is 0.0615 e. The standard InChI is InChI=1S/C12H26N2O/c1-4-12(10-15-3)13-7-9-14-8-5-6-11(14)2/h11-13H,4-10H2,1-3H3. The highest BCUT2D eigenvalue weighted by Crippen LogP contribution is 2.14. The molecule has 90 valence electrons. The molecule has 0 bridgehead atoms. The quantitative estimate of drug-likeness (QED) is 0.695. The first kappa shape index (κ1) is 12.9. The highest BCUT2D eigenvalue weighted by Gasteiger charge is 2.19. The van der Waals surface area contributed by atoms with Gasteiger partial charge >= 0.3 is 0 Å². The van der Waals surface area contributed by atoms with Crippen molar-refractivity contribution in [2.45, 2.75) is 45.2 Å². The Bertz CT molecular complexity index is 164. The number of hydrogen-bond acceptors (Lipinski definition) is 3. The topological polar surface area (TPSA) is 24.5 Å². The predicted octanol–water partition coefficient (Wildman–Crippen LogP) is 1.49. The zero-order chi connectivity index (χ0) is 11.1. The molecule has 1 saturated heterocycles. The second-order valence-electron chi connectivity index (χ2n) is 4.54. The molecule has 0 amide bonds. The molecule has 1 N–H and O–H groups in total. The third-order valence-electron chi connectivity index (χ3n) is 3.38. The molecule has 2 atom stereocenters. The minimum Gasteiger partial charge on any atom is -0.383 e. The summed E-state index contributed by atoms with van der Waals surface area (Å²) in [5.41, 5.74) is 0.